The predicted molar refractivity (Wildman–Crippen MR) is 71.6 cm³/mol. The van der Waals surface area contributed by atoms with Crippen molar-refractivity contribution in [1.29, 1.82) is 0 Å². The molecule has 0 aromatic carbocycles. The fraction of sp³-hybridized carbons (Fsp3) is 0.273. The number of pyridine rings is 1. The zero-order valence-electron chi connectivity index (χ0n) is 9.64. The summed E-state index contributed by atoms with van der Waals surface area (Å²) in [4.78, 5) is 5.53. The van der Waals surface area contributed by atoms with E-state index in [1.54, 1.807) is 16.4 Å². The lowest BCUT2D eigenvalue weighted by atomic mass is 10.3. The molecule has 2 aromatic heterocycles. The third-order valence-electron chi connectivity index (χ3n) is 2.23. The monoisotopic (exact) mass is 268 g/mol. The van der Waals surface area contributed by atoms with E-state index in [2.05, 4.69) is 15.4 Å². The van der Waals surface area contributed by atoms with Crippen LogP contribution in [0.3, 0.4) is 0 Å². The van der Waals surface area contributed by atoms with Gasteiger partial charge in [0.05, 0.1) is 16.9 Å². The van der Waals surface area contributed by atoms with Crippen molar-refractivity contribution >= 4 is 29.2 Å². The Labute approximate surface area is 109 Å². The van der Waals surface area contributed by atoms with Gasteiger partial charge in [-0.25, -0.2) is 4.98 Å². The number of aryl methyl sites for hydroxylation is 1. The fourth-order valence-corrected chi connectivity index (χ4v) is 2.47. The van der Waals surface area contributed by atoms with Crippen LogP contribution in [0.25, 0.3) is 0 Å². The third kappa shape index (κ3) is 3.14. The Hall–Kier alpha value is -1.20. The SMILES string of the molecule is CNc1ccc(Cl)c(CSc2cnn(C)c2)n1. The molecular weight excluding hydrogens is 256 g/mol. The largest absolute Gasteiger partial charge is 0.373 e. The molecule has 4 nitrogen and oxygen atoms in total. The molecule has 2 heterocycles. The molecule has 0 saturated heterocycles. The van der Waals surface area contributed by atoms with E-state index in [1.807, 2.05) is 38.6 Å². The van der Waals surface area contributed by atoms with Crippen LogP contribution in [0.1, 0.15) is 5.69 Å². The van der Waals surface area contributed by atoms with Gasteiger partial charge < -0.3 is 5.32 Å². The number of nitrogens with zero attached hydrogens (tertiary/aromatic N) is 3. The number of nitrogens with one attached hydrogen (secondary N) is 1. The minimum atomic E-state index is 0.695. The van der Waals surface area contributed by atoms with Gasteiger partial charge in [-0.05, 0) is 12.1 Å². The van der Waals surface area contributed by atoms with E-state index < -0.39 is 0 Å². The summed E-state index contributed by atoms with van der Waals surface area (Å²) in [6, 6.07) is 3.72. The van der Waals surface area contributed by atoms with Crippen molar-refractivity contribution in [2.45, 2.75) is 10.6 Å². The van der Waals surface area contributed by atoms with Crippen molar-refractivity contribution in [3.8, 4) is 0 Å². The second-order valence-corrected chi connectivity index (χ2v) is 4.97. The topological polar surface area (TPSA) is 42.7 Å². The highest BCUT2D eigenvalue weighted by molar-refractivity contribution is 7.98. The Kier molecular flexibility index (Phi) is 3.91. The molecule has 0 bridgehead atoms. The lowest BCUT2D eigenvalue weighted by Gasteiger charge is -2.05. The summed E-state index contributed by atoms with van der Waals surface area (Å²) in [5.41, 5.74) is 0.882. The van der Waals surface area contributed by atoms with Crippen LogP contribution < -0.4 is 5.32 Å². The molecule has 0 aliphatic rings. The molecule has 0 saturated carbocycles. The number of rotatable bonds is 4. The summed E-state index contributed by atoms with van der Waals surface area (Å²) >= 11 is 7.77. The molecule has 0 atom stereocenters. The van der Waals surface area contributed by atoms with Gasteiger partial charge in [0.15, 0.2) is 0 Å². The van der Waals surface area contributed by atoms with Crippen molar-refractivity contribution < 1.29 is 0 Å². The molecule has 2 rings (SSSR count). The lowest BCUT2D eigenvalue weighted by Crippen LogP contribution is -1.96. The van der Waals surface area contributed by atoms with Gasteiger partial charge >= 0.3 is 0 Å². The van der Waals surface area contributed by atoms with Gasteiger partial charge in [0, 0.05) is 30.9 Å². The van der Waals surface area contributed by atoms with E-state index in [9.17, 15) is 0 Å². The molecule has 0 spiro atoms. The van der Waals surface area contributed by atoms with E-state index in [0.29, 0.717) is 5.02 Å². The average molecular weight is 269 g/mol. The second-order valence-electron chi connectivity index (χ2n) is 3.51. The van der Waals surface area contributed by atoms with Crippen LogP contribution in [0.5, 0.6) is 0 Å². The quantitative estimate of drug-likeness (QED) is 0.866. The lowest BCUT2D eigenvalue weighted by molar-refractivity contribution is 0.766. The van der Waals surface area contributed by atoms with E-state index in [4.69, 9.17) is 11.6 Å². The summed E-state index contributed by atoms with van der Waals surface area (Å²) < 4.78 is 1.78. The summed E-state index contributed by atoms with van der Waals surface area (Å²) in [7, 11) is 3.74. The van der Waals surface area contributed by atoms with Crippen molar-refractivity contribution in [1.82, 2.24) is 14.8 Å². The molecule has 17 heavy (non-hydrogen) atoms. The summed E-state index contributed by atoms with van der Waals surface area (Å²) in [5, 5.41) is 7.81. The highest BCUT2D eigenvalue weighted by Gasteiger charge is 2.05. The Balaban J connectivity index is 2.07. The van der Waals surface area contributed by atoms with Gasteiger partial charge in [0.2, 0.25) is 0 Å². The van der Waals surface area contributed by atoms with Gasteiger partial charge in [-0.15, -0.1) is 11.8 Å². The van der Waals surface area contributed by atoms with Gasteiger partial charge in [0.25, 0.3) is 0 Å². The van der Waals surface area contributed by atoms with Gasteiger partial charge in [-0.3, -0.25) is 4.68 Å². The van der Waals surface area contributed by atoms with Gasteiger partial charge in [-0.2, -0.15) is 5.10 Å². The van der Waals surface area contributed by atoms with E-state index >= 15 is 0 Å². The Morgan fingerprint density at radius 3 is 2.94 bits per heavy atom. The first-order chi connectivity index (χ1) is 8.19. The zero-order chi connectivity index (χ0) is 12.3. The number of anilines is 1. The van der Waals surface area contributed by atoms with Crippen LogP contribution in [0.15, 0.2) is 29.4 Å². The van der Waals surface area contributed by atoms with E-state index in [0.717, 1.165) is 22.2 Å². The van der Waals surface area contributed by atoms with Crippen LogP contribution in [-0.4, -0.2) is 21.8 Å². The average Bonchev–Trinajstić information content (AvgIpc) is 2.74. The summed E-state index contributed by atoms with van der Waals surface area (Å²) in [6.45, 7) is 0. The minimum Gasteiger partial charge on any atom is -0.373 e. The smallest absolute Gasteiger partial charge is 0.126 e. The van der Waals surface area contributed by atoms with Gasteiger partial charge in [0.1, 0.15) is 5.82 Å². The van der Waals surface area contributed by atoms with Gasteiger partial charge in [-0.1, -0.05) is 11.6 Å². The molecule has 6 heteroatoms. The fourth-order valence-electron chi connectivity index (χ4n) is 1.35. The molecule has 0 aliphatic carbocycles. The maximum absolute atomic E-state index is 6.10. The molecule has 2 aromatic rings. The molecule has 90 valence electrons. The summed E-state index contributed by atoms with van der Waals surface area (Å²) in [6.07, 6.45) is 3.81. The van der Waals surface area contributed by atoms with Crippen LogP contribution in [0, 0.1) is 0 Å². The number of hydrogen-bond donors (Lipinski definition) is 1. The molecule has 0 amide bonds. The zero-order valence-corrected chi connectivity index (χ0v) is 11.2. The van der Waals surface area contributed by atoms with Crippen LogP contribution >= 0.6 is 23.4 Å². The van der Waals surface area contributed by atoms with Crippen LogP contribution in [-0.2, 0) is 12.8 Å². The van der Waals surface area contributed by atoms with Crippen molar-refractivity contribution in [3.05, 3.63) is 35.2 Å². The maximum atomic E-state index is 6.10. The Morgan fingerprint density at radius 2 is 2.29 bits per heavy atom. The standard InChI is InChI=1S/C11H13ClN4S/c1-13-11-4-3-9(12)10(15-11)7-17-8-5-14-16(2)6-8/h3-6H,7H2,1-2H3,(H,13,15). The highest BCUT2D eigenvalue weighted by atomic mass is 35.5. The number of aromatic nitrogens is 3. The van der Waals surface area contributed by atoms with Crippen LogP contribution in [0.4, 0.5) is 5.82 Å². The molecular formula is C11H13ClN4S. The Morgan fingerprint density at radius 1 is 1.47 bits per heavy atom. The van der Waals surface area contributed by atoms with Crippen molar-refractivity contribution in [2.75, 3.05) is 12.4 Å². The first-order valence-electron chi connectivity index (χ1n) is 5.13. The first kappa shape index (κ1) is 12.3. The molecule has 0 fully saturated rings. The first-order valence-corrected chi connectivity index (χ1v) is 6.50. The normalized spacial score (nSPS) is 10.5. The van der Waals surface area contributed by atoms with Crippen LogP contribution in [0.2, 0.25) is 5.02 Å². The van der Waals surface area contributed by atoms with Crippen molar-refractivity contribution in [3.63, 3.8) is 0 Å². The van der Waals surface area contributed by atoms with E-state index in [1.165, 1.54) is 0 Å². The number of halogens is 1. The molecule has 0 radical (unpaired) electrons. The third-order valence-corrected chi connectivity index (χ3v) is 3.54. The van der Waals surface area contributed by atoms with E-state index in [-0.39, 0.29) is 0 Å². The maximum Gasteiger partial charge on any atom is 0.126 e. The molecule has 0 unspecified atom stereocenters. The summed E-state index contributed by atoms with van der Waals surface area (Å²) in [5.74, 6) is 1.57. The second kappa shape index (κ2) is 5.42. The highest BCUT2D eigenvalue weighted by Crippen LogP contribution is 2.25. The number of thioether (sulfide) groups is 1. The molecule has 0 aliphatic heterocycles. The minimum absolute atomic E-state index is 0.695. The van der Waals surface area contributed by atoms with Crippen molar-refractivity contribution in [2.24, 2.45) is 7.05 Å². The molecule has 1 N–H and O–H groups in total. The number of hydrogen-bond acceptors (Lipinski definition) is 4. The predicted octanol–water partition coefficient (Wildman–Crippen LogP) is 2.80. The Bertz CT molecular complexity index is 512.